The molecule has 0 bridgehead atoms. The fourth-order valence-electron chi connectivity index (χ4n) is 3.59. The molecule has 1 heterocycles. The van der Waals surface area contributed by atoms with Crippen molar-refractivity contribution in [3.63, 3.8) is 0 Å². The monoisotopic (exact) mass is 540 g/mol. The molecule has 1 fully saturated rings. The second kappa shape index (κ2) is 11.4. The molecule has 1 N–H and O–H groups in total. The quantitative estimate of drug-likeness (QED) is 0.293. The number of rotatable bonds is 8. The number of hydrogen-bond donors (Lipinski definition) is 1. The molecule has 0 radical (unpaired) electrons. The van der Waals surface area contributed by atoms with Gasteiger partial charge in [0, 0.05) is 15.6 Å². The SMILES string of the molecule is CCOc1cc(/C=C2\C(=O)NC(=O)N(c3ccc(OC)cc3)C2=O)ccc1OCc1ccc(Cl)cc1Cl. The van der Waals surface area contributed by atoms with E-state index >= 15 is 0 Å². The number of hydrogen-bond acceptors (Lipinski definition) is 6. The van der Waals surface area contributed by atoms with E-state index in [-0.39, 0.29) is 12.2 Å². The van der Waals surface area contributed by atoms with Gasteiger partial charge in [0.15, 0.2) is 11.5 Å². The highest BCUT2D eigenvalue weighted by Gasteiger charge is 2.36. The molecule has 0 unspecified atom stereocenters. The van der Waals surface area contributed by atoms with Crippen LogP contribution >= 0.6 is 23.2 Å². The lowest BCUT2D eigenvalue weighted by Gasteiger charge is -2.26. The number of urea groups is 1. The van der Waals surface area contributed by atoms with Crippen molar-refractivity contribution in [3.05, 3.63) is 87.4 Å². The van der Waals surface area contributed by atoms with Crippen LogP contribution in [-0.2, 0) is 16.2 Å². The maximum Gasteiger partial charge on any atom is 0.335 e. The largest absolute Gasteiger partial charge is 0.497 e. The fourth-order valence-corrected chi connectivity index (χ4v) is 4.05. The molecule has 37 heavy (non-hydrogen) atoms. The summed E-state index contributed by atoms with van der Waals surface area (Å²) in [4.78, 5) is 39.0. The predicted molar refractivity (Wildman–Crippen MR) is 140 cm³/mol. The van der Waals surface area contributed by atoms with Gasteiger partial charge in [-0.2, -0.15) is 0 Å². The number of ether oxygens (including phenoxy) is 3. The van der Waals surface area contributed by atoms with Gasteiger partial charge in [0.05, 0.1) is 19.4 Å². The van der Waals surface area contributed by atoms with Gasteiger partial charge in [-0.3, -0.25) is 14.9 Å². The first-order chi connectivity index (χ1) is 17.8. The smallest absolute Gasteiger partial charge is 0.335 e. The van der Waals surface area contributed by atoms with Crippen LogP contribution in [0.1, 0.15) is 18.1 Å². The van der Waals surface area contributed by atoms with Gasteiger partial charge in [-0.05, 0) is 67.1 Å². The molecule has 1 aliphatic heterocycles. The van der Waals surface area contributed by atoms with Gasteiger partial charge in [0.1, 0.15) is 17.9 Å². The molecule has 8 nitrogen and oxygen atoms in total. The Morgan fingerprint density at radius 1 is 0.919 bits per heavy atom. The summed E-state index contributed by atoms with van der Waals surface area (Å²) in [6, 6.07) is 15.6. The van der Waals surface area contributed by atoms with Gasteiger partial charge >= 0.3 is 6.03 Å². The molecule has 4 rings (SSSR count). The summed E-state index contributed by atoms with van der Waals surface area (Å²) in [5, 5.41) is 3.21. The lowest BCUT2D eigenvalue weighted by atomic mass is 10.1. The van der Waals surface area contributed by atoms with Crippen molar-refractivity contribution in [2.24, 2.45) is 0 Å². The van der Waals surface area contributed by atoms with E-state index in [1.54, 1.807) is 60.7 Å². The molecular formula is C27H22Cl2N2O6. The maximum atomic E-state index is 13.2. The Kier molecular flexibility index (Phi) is 8.01. The average molecular weight is 541 g/mol. The Morgan fingerprint density at radius 3 is 2.35 bits per heavy atom. The van der Waals surface area contributed by atoms with Crippen LogP contribution in [0.3, 0.4) is 0 Å². The van der Waals surface area contributed by atoms with E-state index in [0.717, 1.165) is 10.5 Å². The number of amides is 4. The third-order valence-electron chi connectivity index (χ3n) is 5.41. The third-order valence-corrected chi connectivity index (χ3v) is 6.00. The molecule has 10 heteroatoms. The molecule has 190 valence electrons. The Bertz CT molecular complexity index is 1390. The summed E-state index contributed by atoms with van der Waals surface area (Å²) in [7, 11) is 1.51. The van der Waals surface area contributed by atoms with Gasteiger partial charge in [0.2, 0.25) is 0 Å². The minimum absolute atomic E-state index is 0.177. The van der Waals surface area contributed by atoms with E-state index in [2.05, 4.69) is 5.32 Å². The number of barbiturate groups is 1. The third kappa shape index (κ3) is 5.87. The van der Waals surface area contributed by atoms with E-state index < -0.39 is 17.8 Å². The van der Waals surface area contributed by atoms with Gasteiger partial charge in [-0.1, -0.05) is 35.3 Å². The lowest BCUT2D eigenvalue weighted by Crippen LogP contribution is -2.54. The average Bonchev–Trinajstić information content (AvgIpc) is 2.87. The van der Waals surface area contributed by atoms with E-state index in [0.29, 0.717) is 45.2 Å². The van der Waals surface area contributed by atoms with E-state index in [1.165, 1.54) is 13.2 Å². The predicted octanol–water partition coefficient (Wildman–Crippen LogP) is 5.65. The zero-order valence-corrected chi connectivity index (χ0v) is 21.4. The molecule has 3 aromatic carbocycles. The summed E-state index contributed by atoms with van der Waals surface area (Å²) in [5.74, 6) is -0.132. The van der Waals surface area contributed by atoms with Crippen LogP contribution in [0, 0.1) is 0 Å². The Morgan fingerprint density at radius 2 is 1.68 bits per heavy atom. The van der Waals surface area contributed by atoms with Crippen molar-refractivity contribution in [2.75, 3.05) is 18.6 Å². The summed E-state index contributed by atoms with van der Waals surface area (Å²) in [6.07, 6.45) is 1.39. The number of methoxy groups -OCH3 is 1. The zero-order valence-electron chi connectivity index (χ0n) is 19.9. The number of benzene rings is 3. The van der Waals surface area contributed by atoms with Crippen molar-refractivity contribution >= 4 is 52.8 Å². The maximum absolute atomic E-state index is 13.2. The molecule has 0 aliphatic carbocycles. The van der Waals surface area contributed by atoms with Gasteiger partial charge < -0.3 is 14.2 Å². The summed E-state index contributed by atoms with van der Waals surface area (Å²) in [6.45, 7) is 2.36. The molecule has 0 saturated carbocycles. The first kappa shape index (κ1) is 26.1. The Labute approximate surface area is 223 Å². The minimum atomic E-state index is -0.836. The lowest BCUT2D eigenvalue weighted by molar-refractivity contribution is -0.122. The molecule has 3 aromatic rings. The van der Waals surface area contributed by atoms with Crippen LogP contribution in [0.4, 0.5) is 10.5 Å². The second-order valence-electron chi connectivity index (χ2n) is 7.82. The highest BCUT2D eigenvalue weighted by molar-refractivity contribution is 6.39. The highest BCUT2D eigenvalue weighted by atomic mass is 35.5. The molecular weight excluding hydrogens is 519 g/mol. The number of anilines is 1. The van der Waals surface area contributed by atoms with Crippen LogP contribution in [-0.4, -0.2) is 31.6 Å². The van der Waals surface area contributed by atoms with Crippen LogP contribution in [0.5, 0.6) is 17.2 Å². The van der Waals surface area contributed by atoms with E-state index in [4.69, 9.17) is 37.4 Å². The van der Waals surface area contributed by atoms with Crippen molar-refractivity contribution in [1.29, 1.82) is 0 Å². The molecule has 0 spiro atoms. The fraction of sp³-hybridized carbons (Fsp3) is 0.148. The first-order valence-corrected chi connectivity index (χ1v) is 12.0. The van der Waals surface area contributed by atoms with Crippen molar-refractivity contribution in [2.45, 2.75) is 13.5 Å². The van der Waals surface area contributed by atoms with Crippen LogP contribution in [0.25, 0.3) is 6.08 Å². The molecule has 1 saturated heterocycles. The van der Waals surface area contributed by atoms with Crippen LogP contribution < -0.4 is 24.4 Å². The molecule has 1 aliphatic rings. The molecule has 4 amide bonds. The van der Waals surface area contributed by atoms with E-state index in [9.17, 15) is 14.4 Å². The van der Waals surface area contributed by atoms with Gasteiger partial charge in [0.25, 0.3) is 11.8 Å². The standard InChI is InChI=1S/C27H22Cl2N2O6/c1-3-36-24-13-16(4-11-23(24)37-15-17-5-6-18(28)14-22(17)29)12-21-25(32)30-27(34)31(26(21)33)19-7-9-20(35-2)10-8-19/h4-14H,3,15H2,1-2H3,(H,30,32,34)/b21-12+. The number of carbonyl (C=O) groups excluding carboxylic acids is 3. The topological polar surface area (TPSA) is 94.2 Å². The van der Waals surface area contributed by atoms with Gasteiger partial charge in [-0.25, -0.2) is 9.69 Å². The summed E-state index contributed by atoms with van der Waals surface area (Å²) < 4.78 is 16.7. The van der Waals surface area contributed by atoms with Gasteiger partial charge in [-0.15, -0.1) is 0 Å². The van der Waals surface area contributed by atoms with Crippen molar-refractivity contribution < 1.29 is 28.6 Å². The number of nitrogens with one attached hydrogen (secondary N) is 1. The van der Waals surface area contributed by atoms with E-state index in [1.807, 2.05) is 6.92 Å². The normalized spacial score (nSPS) is 14.5. The summed E-state index contributed by atoms with van der Waals surface area (Å²) in [5.41, 5.74) is 1.33. The second-order valence-corrected chi connectivity index (χ2v) is 8.66. The molecule has 0 atom stereocenters. The highest BCUT2D eigenvalue weighted by Crippen LogP contribution is 2.32. The molecule has 0 aromatic heterocycles. The van der Waals surface area contributed by atoms with Crippen LogP contribution in [0.2, 0.25) is 10.0 Å². The summed E-state index contributed by atoms with van der Waals surface area (Å²) >= 11 is 12.2. The number of imide groups is 2. The number of nitrogens with zero attached hydrogens (tertiary/aromatic N) is 1. The zero-order chi connectivity index (χ0) is 26.5. The van der Waals surface area contributed by atoms with Crippen molar-refractivity contribution in [1.82, 2.24) is 5.32 Å². The number of halogens is 2. The van der Waals surface area contributed by atoms with Crippen molar-refractivity contribution in [3.8, 4) is 17.2 Å². The minimum Gasteiger partial charge on any atom is -0.497 e. The first-order valence-electron chi connectivity index (χ1n) is 11.2. The van der Waals surface area contributed by atoms with Crippen LogP contribution in [0.15, 0.2) is 66.2 Å². The Hall–Kier alpha value is -4.01. The Balaban J connectivity index is 1.60. The number of carbonyl (C=O) groups is 3.